The van der Waals surface area contributed by atoms with Crippen molar-refractivity contribution in [1.29, 1.82) is 0 Å². The molecule has 2 aromatic carbocycles. The molecule has 1 N–H and O–H groups in total. The van der Waals surface area contributed by atoms with Crippen molar-refractivity contribution < 1.29 is 19.4 Å². The van der Waals surface area contributed by atoms with Crippen molar-refractivity contribution in [1.82, 2.24) is 0 Å². The Kier molecular flexibility index (Phi) is 6.26. The average molecular weight is 374 g/mol. The Balaban J connectivity index is 2.22. The Morgan fingerprint density at radius 3 is 2.48 bits per heavy atom. The standard InChI is InChI=1S/C17H18N4O6/c1-3-19(11-17(22)18-12-5-4-6-14(9-12)27-2)15-8-7-13(20(23)24)10-16(15)21(25)26/h4-10H,3,11H2,1-2H3,(H,18,22). The summed E-state index contributed by atoms with van der Waals surface area (Å²) in [7, 11) is 1.51. The topological polar surface area (TPSA) is 128 Å². The molecule has 2 rings (SSSR count). The van der Waals surface area contributed by atoms with Crippen molar-refractivity contribution in [3.63, 3.8) is 0 Å². The van der Waals surface area contributed by atoms with E-state index < -0.39 is 21.4 Å². The van der Waals surface area contributed by atoms with Crippen LogP contribution in [0.3, 0.4) is 0 Å². The highest BCUT2D eigenvalue weighted by Crippen LogP contribution is 2.32. The number of carbonyl (C=O) groups excluding carboxylic acids is 1. The molecular weight excluding hydrogens is 356 g/mol. The molecule has 0 heterocycles. The van der Waals surface area contributed by atoms with E-state index in [1.54, 1.807) is 31.2 Å². The molecule has 0 aliphatic carbocycles. The Hall–Kier alpha value is -3.69. The van der Waals surface area contributed by atoms with Gasteiger partial charge in [-0.1, -0.05) is 6.07 Å². The van der Waals surface area contributed by atoms with Crippen molar-refractivity contribution in [2.24, 2.45) is 0 Å². The maximum atomic E-state index is 12.3. The number of benzene rings is 2. The summed E-state index contributed by atoms with van der Waals surface area (Å²) in [6, 6.07) is 10.1. The molecule has 0 aliphatic rings. The Labute approximate surface area is 154 Å². The van der Waals surface area contributed by atoms with Crippen molar-refractivity contribution in [2.75, 3.05) is 30.4 Å². The lowest BCUT2D eigenvalue weighted by Gasteiger charge is -2.22. The zero-order valence-corrected chi connectivity index (χ0v) is 14.7. The van der Waals surface area contributed by atoms with Gasteiger partial charge in [-0.25, -0.2) is 0 Å². The van der Waals surface area contributed by atoms with Crippen LogP contribution in [-0.4, -0.2) is 36.0 Å². The van der Waals surface area contributed by atoms with Crippen LogP contribution in [0.2, 0.25) is 0 Å². The van der Waals surface area contributed by atoms with Gasteiger partial charge in [-0.2, -0.15) is 0 Å². The maximum Gasteiger partial charge on any atom is 0.299 e. The lowest BCUT2D eigenvalue weighted by molar-refractivity contribution is -0.393. The van der Waals surface area contributed by atoms with Gasteiger partial charge in [-0.05, 0) is 25.1 Å². The Bertz CT molecular complexity index is 870. The fourth-order valence-electron chi connectivity index (χ4n) is 2.48. The first-order valence-electron chi connectivity index (χ1n) is 7.97. The first-order valence-corrected chi connectivity index (χ1v) is 7.97. The molecule has 2 aromatic rings. The van der Waals surface area contributed by atoms with Crippen molar-refractivity contribution in [3.05, 3.63) is 62.7 Å². The van der Waals surface area contributed by atoms with E-state index in [9.17, 15) is 25.0 Å². The monoisotopic (exact) mass is 374 g/mol. The average Bonchev–Trinajstić information content (AvgIpc) is 2.65. The molecule has 0 saturated carbocycles. The predicted octanol–water partition coefficient (Wildman–Crippen LogP) is 2.98. The number of carbonyl (C=O) groups is 1. The van der Waals surface area contributed by atoms with Gasteiger partial charge in [0.2, 0.25) is 5.91 Å². The highest BCUT2D eigenvalue weighted by Gasteiger charge is 2.24. The SMILES string of the molecule is CCN(CC(=O)Nc1cccc(OC)c1)c1ccc([N+](=O)[O-])cc1[N+](=O)[O-]. The summed E-state index contributed by atoms with van der Waals surface area (Å²) in [5, 5.41) is 24.9. The molecule has 0 aromatic heterocycles. The van der Waals surface area contributed by atoms with E-state index in [0.717, 1.165) is 6.07 Å². The van der Waals surface area contributed by atoms with Crippen LogP contribution in [0.1, 0.15) is 6.92 Å². The first-order chi connectivity index (χ1) is 12.8. The van der Waals surface area contributed by atoms with Crippen LogP contribution >= 0.6 is 0 Å². The van der Waals surface area contributed by atoms with Crippen LogP contribution in [0.25, 0.3) is 0 Å². The third kappa shape index (κ3) is 4.91. The van der Waals surface area contributed by atoms with Crippen LogP contribution in [0.5, 0.6) is 5.75 Å². The van der Waals surface area contributed by atoms with E-state index in [1.807, 2.05) is 0 Å². The van der Waals surface area contributed by atoms with E-state index >= 15 is 0 Å². The molecular formula is C17H18N4O6. The first kappa shape index (κ1) is 19.6. The second-order valence-electron chi connectivity index (χ2n) is 5.48. The number of hydrogen-bond donors (Lipinski definition) is 1. The molecule has 0 spiro atoms. The predicted molar refractivity (Wildman–Crippen MR) is 99.3 cm³/mol. The molecule has 0 unspecified atom stereocenters. The summed E-state index contributed by atoms with van der Waals surface area (Å²) in [6.07, 6.45) is 0. The zero-order chi connectivity index (χ0) is 20.0. The van der Waals surface area contributed by atoms with Crippen molar-refractivity contribution in [2.45, 2.75) is 6.92 Å². The number of nitrogens with zero attached hydrogens (tertiary/aromatic N) is 3. The summed E-state index contributed by atoms with van der Waals surface area (Å²) in [5.41, 5.74) is -0.162. The summed E-state index contributed by atoms with van der Waals surface area (Å²) < 4.78 is 5.09. The van der Waals surface area contributed by atoms with Crippen LogP contribution in [0.15, 0.2) is 42.5 Å². The molecule has 10 nitrogen and oxygen atoms in total. The summed E-state index contributed by atoms with van der Waals surface area (Å²) in [4.78, 5) is 34.6. The van der Waals surface area contributed by atoms with Crippen LogP contribution in [0, 0.1) is 20.2 Å². The maximum absolute atomic E-state index is 12.3. The minimum absolute atomic E-state index is 0.133. The van der Waals surface area contributed by atoms with E-state index in [4.69, 9.17) is 4.74 Å². The number of nitro groups is 2. The van der Waals surface area contributed by atoms with Gasteiger partial charge in [-0.15, -0.1) is 0 Å². The number of ether oxygens (including phenoxy) is 1. The number of hydrogen-bond acceptors (Lipinski definition) is 7. The minimum Gasteiger partial charge on any atom is -0.497 e. The van der Waals surface area contributed by atoms with Crippen LogP contribution in [-0.2, 0) is 4.79 Å². The molecule has 0 radical (unpaired) electrons. The number of amides is 1. The van der Waals surface area contributed by atoms with Crippen LogP contribution < -0.4 is 15.0 Å². The number of likely N-dealkylation sites (N-methyl/N-ethyl adjacent to an activating group) is 1. The summed E-state index contributed by atoms with van der Waals surface area (Å²) in [6.45, 7) is 1.86. The van der Waals surface area contributed by atoms with E-state index in [-0.39, 0.29) is 17.9 Å². The number of non-ortho nitro benzene ring substituents is 1. The Morgan fingerprint density at radius 1 is 1.15 bits per heavy atom. The number of nitro benzene ring substituents is 2. The van der Waals surface area contributed by atoms with E-state index in [0.29, 0.717) is 18.0 Å². The van der Waals surface area contributed by atoms with Gasteiger partial charge in [0.1, 0.15) is 11.4 Å². The number of anilines is 2. The van der Waals surface area contributed by atoms with Gasteiger partial charge in [0, 0.05) is 24.4 Å². The number of nitrogens with one attached hydrogen (secondary N) is 1. The molecule has 0 saturated heterocycles. The lowest BCUT2D eigenvalue weighted by Crippen LogP contribution is -2.33. The molecule has 0 atom stereocenters. The van der Waals surface area contributed by atoms with Gasteiger partial charge in [0.05, 0.1) is 29.6 Å². The number of methoxy groups -OCH3 is 1. The van der Waals surface area contributed by atoms with E-state index in [1.165, 1.54) is 24.1 Å². The lowest BCUT2D eigenvalue weighted by atomic mass is 10.2. The molecule has 1 amide bonds. The molecule has 0 fully saturated rings. The highest BCUT2D eigenvalue weighted by atomic mass is 16.6. The van der Waals surface area contributed by atoms with Crippen LogP contribution in [0.4, 0.5) is 22.7 Å². The normalized spacial score (nSPS) is 10.1. The van der Waals surface area contributed by atoms with E-state index in [2.05, 4.69) is 5.32 Å². The largest absolute Gasteiger partial charge is 0.497 e. The fourth-order valence-corrected chi connectivity index (χ4v) is 2.48. The fraction of sp³-hybridized carbons (Fsp3) is 0.235. The third-order valence-corrected chi connectivity index (χ3v) is 3.78. The molecule has 0 bridgehead atoms. The minimum atomic E-state index is -0.706. The van der Waals surface area contributed by atoms with Gasteiger partial charge < -0.3 is 15.0 Å². The summed E-state index contributed by atoms with van der Waals surface area (Å²) in [5.74, 6) is 0.184. The molecule has 27 heavy (non-hydrogen) atoms. The zero-order valence-electron chi connectivity index (χ0n) is 14.7. The van der Waals surface area contributed by atoms with Crippen molar-refractivity contribution >= 4 is 28.7 Å². The third-order valence-electron chi connectivity index (χ3n) is 3.78. The second-order valence-corrected chi connectivity index (χ2v) is 5.48. The van der Waals surface area contributed by atoms with Gasteiger partial charge in [0.15, 0.2) is 0 Å². The van der Waals surface area contributed by atoms with Crippen molar-refractivity contribution in [3.8, 4) is 5.75 Å². The number of rotatable bonds is 8. The second kappa shape index (κ2) is 8.61. The highest BCUT2D eigenvalue weighted by molar-refractivity contribution is 5.94. The van der Waals surface area contributed by atoms with Gasteiger partial charge >= 0.3 is 0 Å². The quantitative estimate of drug-likeness (QED) is 0.555. The Morgan fingerprint density at radius 2 is 1.89 bits per heavy atom. The molecule has 10 heteroatoms. The molecule has 142 valence electrons. The molecule has 0 aliphatic heterocycles. The van der Waals surface area contributed by atoms with Gasteiger partial charge in [0.25, 0.3) is 11.4 Å². The smallest absolute Gasteiger partial charge is 0.299 e. The van der Waals surface area contributed by atoms with Gasteiger partial charge in [-0.3, -0.25) is 25.0 Å². The summed E-state index contributed by atoms with van der Waals surface area (Å²) >= 11 is 0.